The summed E-state index contributed by atoms with van der Waals surface area (Å²) in [7, 11) is 0. The average Bonchev–Trinajstić information content (AvgIpc) is 2.33. The molecule has 1 aromatic rings. The predicted octanol–water partition coefficient (Wildman–Crippen LogP) is 2.39. The zero-order valence-electron chi connectivity index (χ0n) is 12.2. The van der Waals surface area contributed by atoms with Gasteiger partial charge >= 0.3 is 0 Å². The number of benzene rings is 1. The van der Waals surface area contributed by atoms with Gasteiger partial charge in [-0.15, -0.1) is 0 Å². The second-order valence-electron chi connectivity index (χ2n) is 5.64. The molecule has 0 aromatic heterocycles. The van der Waals surface area contributed by atoms with Gasteiger partial charge in [-0.05, 0) is 33.3 Å². The molecule has 19 heavy (non-hydrogen) atoms. The Labute approximate surface area is 115 Å². The number of nitrogens with two attached hydrogens (primary N) is 1. The number of rotatable bonds is 5. The summed E-state index contributed by atoms with van der Waals surface area (Å²) in [5.74, 6) is 0.549. The van der Waals surface area contributed by atoms with Gasteiger partial charge < -0.3 is 15.8 Å². The van der Waals surface area contributed by atoms with Crippen LogP contribution in [0.15, 0.2) is 24.3 Å². The maximum Gasteiger partial charge on any atom is 0.258 e. The molecule has 106 valence electrons. The van der Waals surface area contributed by atoms with Crippen LogP contribution in [0.1, 0.15) is 45.7 Å². The van der Waals surface area contributed by atoms with E-state index in [0.29, 0.717) is 5.75 Å². The number of carbonyl (C=O) groups is 1. The molecule has 0 aliphatic heterocycles. The van der Waals surface area contributed by atoms with Crippen LogP contribution in [0.3, 0.4) is 0 Å². The third-order valence-corrected chi connectivity index (χ3v) is 2.63. The first-order chi connectivity index (χ1) is 8.83. The molecule has 0 fully saturated rings. The molecular formula is C15H24N2O2. The van der Waals surface area contributed by atoms with Gasteiger partial charge in [-0.2, -0.15) is 0 Å². The van der Waals surface area contributed by atoms with E-state index >= 15 is 0 Å². The van der Waals surface area contributed by atoms with Crippen molar-refractivity contribution in [2.24, 2.45) is 5.73 Å². The Bertz CT molecular complexity index is 424. The van der Waals surface area contributed by atoms with E-state index in [9.17, 15) is 4.79 Å². The van der Waals surface area contributed by atoms with E-state index in [-0.39, 0.29) is 24.1 Å². The SMILES string of the molecule is CCC(N)c1ccccc1OCC(=O)NC(C)(C)C. The highest BCUT2D eigenvalue weighted by atomic mass is 16.5. The van der Waals surface area contributed by atoms with Crippen molar-refractivity contribution in [2.45, 2.75) is 45.7 Å². The van der Waals surface area contributed by atoms with Crippen molar-refractivity contribution in [1.82, 2.24) is 5.32 Å². The number of hydrogen-bond acceptors (Lipinski definition) is 3. The molecule has 0 radical (unpaired) electrons. The molecule has 0 spiro atoms. The van der Waals surface area contributed by atoms with Gasteiger partial charge in [0.05, 0.1) is 0 Å². The van der Waals surface area contributed by atoms with E-state index in [1.54, 1.807) is 0 Å². The zero-order valence-corrected chi connectivity index (χ0v) is 12.2. The van der Waals surface area contributed by atoms with Gasteiger partial charge in [0.1, 0.15) is 5.75 Å². The molecular weight excluding hydrogens is 240 g/mol. The van der Waals surface area contributed by atoms with Crippen LogP contribution in [0.4, 0.5) is 0 Å². The summed E-state index contributed by atoms with van der Waals surface area (Å²) in [5, 5.41) is 2.86. The van der Waals surface area contributed by atoms with Gasteiger partial charge in [-0.3, -0.25) is 4.79 Å². The Hall–Kier alpha value is -1.55. The van der Waals surface area contributed by atoms with E-state index in [1.165, 1.54) is 0 Å². The van der Waals surface area contributed by atoms with Crippen molar-refractivity contribution in [3.05, 3.63) is 29.8 Å². The zero-order chi connectivity index (χ0) is 14.5. The van der Waals surface area contributed by atoms with Crippen LogP contribution in [0.5, 0.6) is 5.75 Å². The van der Waals surface area contributed by atoms with Crippen LogP contribution in [0, 0.1) is 0 Å². The third-order valence-electron chi connectivity index (χ3n) is 2.63. The molecule has 0 heterocycles. The Morgan fingerprint density at radius 3 is 2.58 bits per heavy atom. The first-order valence-corrected chi connectivity index (χ1v) is 6.62. The predicted molar refractivity (Wildman–Crippen MR) is 77.1 cm³/mol. The van der Waals surface area contributed by atoms with Gasteiger partial charge in [-0.25, -0.2) is 0 Å². The molecule has 1 unspecified atom stereocenters. The van der Waals surface area contributed by atoms with Gasteiger partial charge in [0.25, 0.3) is 5.91 Å². The number of amides is 1. The van der Waals surface area contributed by atoms with Crippen LogP contribution < -0.4 is 15.8 Å². The molecule has 4 nitrogen and oxygen atoms in total. The topological polar surface area (TPSA) is 64.3 Å². The van der Waals surface area contributed by atoms with Crippen molar-refractivity contribution < 1.29 is 9.53 Å². The first-order valence-electron chi connectivity index (χ1n) is 6.62. The summed E-state index contributed by atoms with van der Waals surface area (Å²) in [6, 6.07) is 7.51. The lowest BCUT2D eigenvalue weighted by Gasteiger charge is -2.21. The van der Waals surface area contributed by atoms with E-state index in [1.807, 2.05) is 52.0 Å². The van der Waals surface area contributed by atoms with Crippen molar-refractivity contribution in [1.29, 1.82) is 0 Å². The van der Waals surface area contributed by atoms with Gasteiger partial charge in [0, 0.05) is 17.1 Å². The van der Waals surface area contributed by atoms with Crippen LogP contribution in [-0.2, 0) is 4.79 Å². The highest BCUT2D eigenvalue weighted by Crippen LogP contribution is 2.25. The van der Waals surface area contributed by atoms with Gasteiger partial charge in [-0.1, -0.05) is 25.1 Å². The van der Waals surface area contributed by atoms with Gasteiger partial charge in [0.2, 0.25) is 0 Å². The molecule has 0 bridgehead atoms. The maximum absolute atomic E-state index is 11.7. The number of para-hydroxylation sites is 1. The molecule has 3 N–H and O–H groups in total. The first kappa shape index (κ1) is 15.5. The smallest absolute Gasteiger partial charge is 0.258 e. The maximum atomic E-state index is 11.7. The minimum absolute atomic E-state index is 0.00468. The number of nitrogens with one attached hydrogen (secondary N) is 1. The summed E-state index contributed by atoms with van der Waals surface area (Å²) < 4.78 is 5.58. The lowest BCUT2D eigenvalue weighted by molar-refractivity contribution is -0.124. The minimum atomic E-state index is -0.250. The summed E-state index contributed by atoms with van der Waals surface area (Å²) in [4.78, 5) is 11.7. The molecule has 1 atom stereocenters. The number of carbonyl (C=O) groups excluding carboxylic acids is 1. The summed E-state index contributed by atoms with van der Waals surface area (Å²) in [6.07, 6.45) is 0.828. The molecule has 1 amide bonds. The largest absolute Gasteiger partial charge is 0.483 e. The average molecular weight is 264 g/mol. The molecule has 0 saturated carbocycles. The molecule has 0 aliphatic rings. The Morgan fingerprint density at radius 1 is 1.37 bits per heavy atom. The molecule has 0 aliphatic carbocycles. The Balaban J connectivity index is 2.65. The molecule has 0 saturated heterocycles. The summed E-state index contributed by atoms with van der Waals surface area (Å²) in [5.41, 5.74) is 6.71. The fraction of sp³-hybridized carbons (Fsp3) is 0.533. The lowest BCUT2D eigenvalue weighted by atomic mass is 10.0. The van der Waals surface area contributed by atoms with Gasteiger partial charge in [0.15, 0.2) is 6.61 Å². The van der Waals surface area contributed by atoms with Crippen LogP contribution in [0.25, 0.3) is 0 Å². The van der Waals surface area contributed by atoms with Crippen molar-refractivity contribution in [2.75, 3.05) is 6.61 Å². The highest BCUT2D eigenvalue weighted by molar-refractivity contribution is 5.78. The number of hydrogen-bond donors (Lipinski definition) is 2. The summed E-state index contributed by atoms with van der Waals surface area (Å²) >= 11 is 0. The van der Waals surface area contributed by atoms with Crippen molar-refractivity contribution in [3.8, 4) is 5.75 Å². The molecule has 1 aromatic carbocycles. The second-order valence-corrected chi connectivity index (χ2v) is 5.64. The molecule has 4 heteroatoms. The molecule has 1 rings (SSSR count). The normalized spacial score (nSPS) is 12.9. The standard InChI is InChI=1S/C15H24N2O2/c1-5-12(16)11-8-6-7-9-13(11)19-10-14(18)17-15(2,3)4/h6-9,12H,5,10,16H2,1-4H3,(H,17,18). The summed E-state index contributed by atoms with van der Waals surface area (Å²) in [6.45, 7) is 7.84. The second kappa shape index (κ2) is 6.57. The number of ether oxygens (including phenoxy) is 1. The lowest BCUT2D eigenvalue weighted by Crippen LogP contribution is -2.43. The highest BCUT2D eigenvalue weighted by Gasteiger charge is 2.15. The monoisotopic (exact) mass is 264 g/mol. The van der Waals surface area contributed by atoms with Crippen molar-refractivity contribution in [3.63, 3.8) is 0 Å². The van der Waals surface area contributed by atoms with E-state index in [4.69, 9.17) is 10.5 Å². The van der Waals surface area contributed by atoms with Crippen LogP contribution in [-0.4, -0.2) is 18.1 Å². The van der Waals surface area contributed by atoms with Crippen LogP contribution >= 0.6 is 0 Å². The fourth-order valence-corrected chi connectivity index (χ4v) is 1.74. The fourth-order valence-electron chi connectivity index (χ4n) is 1.74. The van der Waals surface area contributed by atoms with E-state index < -0.39 is 0 Å². The van der Waals surface area contributed by atoms with E-state index in [2.05, 4.69) is 5.32 Å². The van der Waals surface area contributed by atoms with Crippen LogP contribution in [0.2, 0.25) is 0 Å². The Kier molecular flexibility index (Phi) is 5.36. The third kappa shape index (κ3) is 5.30. The van der Waals surface area contributed by atoms with E-state index in [0.717, 1.165) is 12.0 Å². The minimum Gasteiger partial charge on any atom is -0.483 e. The Morgan fingerprint density at radius 2 is 2.00 bits per heavy atom. The van der Waals surface area contributed by atoms with Crippen molar-refractivity contribution >= 4 is 5.91 Å². The quantitative estimate of drug-likeness (QED) is 0.858.